The predicted molar refractivity (Wildman–Crippen MR) is 90.0 cm³/mol. The first kappa shape index (κ1) is 15.9. The van der Waals surface area contributed by atoms with Gasteiger partial charge >= 0.3 is 0 Å². The van der Waals surface area contributed by atoms with Crippen molar-refractivity contribution in [1.82, 2.24) is 0 Å². The van der Waals surface area contributed by atoms with Crippen LogP contribution in [0.1, 0.15) is 11.1 Å². The van der Waals surface area contributed by atoms with Crippen LogP contribution >= 0.6 is 15.9 Å². The van der Waals surface area contributed by atoms with Crippen molar-refractivity contribution >= 4 is 21.6 Å². The summed E-state index contributed by atoms with van der Waals surface area (Å²) in [4.78, 5) is 0. The molecule has 0 fully saturated rings. The summed E-state index contributed by atoms with van der Waals surface area (Å²) in [5, 5.41) is 13.2. The molecular weight excluding hydrogens is 330 g/mol. The van der Waals surface area contributed by atoms with Crippen LogP contribution in [0.3, 0.4) is 0 Å². The van der Waals surface area contributed by atoms with Crippen molar-refractivity contribution in [2.24, 2.45) is 0 Å². The average Bonchev–Trinajstić information content (AvgIpc) is 2.44. The van der Waals surface area contributed by atoms with Gasteiger partial charge in [-0.1, -0.05) is 39.7 Å². The lowest BCUT2D eigenvalue weighted by Crippen LogP contribution is -2.26. The topological polar surface area (TPSA) is 41.5 Å². The molecule has 0 saturated heterocycles. The SMILES string of the molecule is Cc1ccc(OCC(O)CNc2cccc(Br)c2)c(C)c1. The number of nitrogens with one attached hydrogen (secondary N) is 1. The molecule has 2 aromatic rings. The van der Waals surface area contributed by atoms with E-state index in [0.717, 1.165) is 21.5 Å². The summed E-state index contributed by atoms with van der Waals surface area (Å²) in [5.74, 6) is 0.821. The minimum absolute atomic E-state index is 0.269. The molecule has 2 aromatic carbocycles. The Bertz CT molecular complexity index is 601. The van der Waals surface area contributed by atoms with E-state index in [4.69, 9.17) is 4.74 Å². The van der Waals surface area contributed by atoms with Gasteiger partial charge in [-0.2, -0.15) is 0 Å². The maximum Gasteiger partial charge on any atom is 0.122 e. The van der Waals surface area contributed by atoms with Crippen LogP contribution in [-0.4, -0.2) is 24.4 Å². The Balaban J connectivity index is 1.80. The van der Waals surface area contributed by atoms with E-state index in [1.807, 2.05) is 50.2 Å². The molecule has 2 rings (SSSR count). The van der Waals surface area contributed by atoms with Gasteiger partial charge in [0.2, 0.25) is 0 Å². The molecule has 0 aliphatic rings. The van der Waals surface area contributed by atoms with Gasteiger partial charge in [0, 0.05) is 16.7 Å². The van der Waals surface area contributed by atoms with Gasteiger partial charge in [0.1, 0.15) is 18.5 Å². The van der Waals surface area contributed by atoms with E-state index in [2.05, 4.69) is 27.3 Å². The van der Waals surface area contributed by atoms with Crippen LogP contribution in [-0.2, 0) is 0 Å². The second kappa shape index (κ2) is 7.48. The van der Waals surface area contributed by atoms with Gasteiger partial charge in [0.25, 0.3) is 0 Å². The molecule has 0 aliphatic heterocycles. The number of aryl methyl sites for hydroxylation is 2. The summed E-state index contributed by atoms with van der Waals surface area (Å²) in [7, 11) is 0. The molecule has 112 valence electrons. The third-order valence-electron chi connectivity index (χ3n) is 3.13. The highest BCUT2D eigenvalue weighted by molar-refractivity contribution is 9.10. The quantitative estimate of drug-likeness (QED) is 0.830. The van der Waals surface area contributed by atoms with Gasteiger partial charge in [-0.15, -0.1) is 0 Å². The summed E-state index contributed by atoms with van der Waals surface area (Å²) in [6.45, 7) is 4.77. The number of ether oxygens (including phenoxy) is 1. The molecule has 3 nitrogen and oxygen atoms in total. The highest BCUT2D eigenvalue weighted by Gasteiger charge is 2.07. The number of rotatable bonds is 6. The number of aliphatic hydroxyl groups excluding tert-OH is 1. The molecule has 4 heteroatoms. The number of hydrogen-bond donors (Lipinski definition) is 2. The minimum atomic E-state index is -0.565. The van der Waals surface area contributed by atoms with Gasteiger partial charge < -0.3 is 15.2 Å². The van der Waals surface area contributed by atoms with Crippen LogP contribution in [0.25, 0.3) is 0 Å². The average molecular weight is 350 g/mol. The standard InChI is InChI=1S/C17H20BrNO2/c1-12-6-7-17(13(2)8-12)21-11-16(20)10-19-15-5-3-4-14(18)9-15/h3-9,16,19-20H,10-11H2,1-2H3. The maximum absolute atomic E-state index is 9.99. The van der Waals surface area contributed by atoms with Crippen LogP contribution in [0.4, 0.5) is 5.69 Å². The normalized spacial score (nSPS) is 12.0. The Morgan fingerprint density at radius 3 is 2.71 bits per heavy atom. The number of aliphatic hydroxyl groups is 1. The first-order chi connectivity index (χ1) is 10.0. The van der Waals surface area contributed by atoms with E-state index in [1.54, 1.807) is 0 Å². The fourth-order valence-corrected chi connectivity index (χ4v) is 2.44. The van der Waals surface area contributed by atoms with Crippen molar-refractivity contribution in [1.29, 1.82) is 0 Å². The predicted octanol–water partition coefficient (Wildman–Crippen LogP) is 3.92. The van der Waals surface area contributed by atoms with Crippen molar-refractivity contribution in [3.8, 4) is 5.75 Å². The number of hydrogen-bond acceptors (Lipinski definition) is 3. The zero-order valence-electron chi connectivity index (χ0n) is 12.3. The van der Waals surface area contributed by atoms with Crippen molar-refractivity contribution in [2.75, 3.05) is 18.5 Å². The molecule has 0 radical (unpaired) electrons. The molecule has 0 spiro atoms. The summed E-state index contributed by atoms with van der Waals surface area (Å²) < 4.78 is 6.67. The second-order valence-corrected chi connectivity index (χ2v) is 6.04. The van der Waals surface area contributed by atoms with Gasteiger partial charge in [-0.3, -0.25) is 0 Å². The highest BCUT2D eigenvalue weighted by atomic mass is 79.9. The molecule has 2 N–H and O–H groups in total. The molecule has 0 saturated carbocycles. The van der Waals surface area contributed by atoms with E-state index >= 15 is 0 Å². The smallest absolute Gasteiger partial charge is 0.122 e. The van der Waals surface area contributed by atoms with Crippen molar-refractivity contribution in [3.05, 3.63) is 58.1 Å². The van der Waals surface area contributed by atoms with E-state index in [0.29, 0.717) is 6.54 Å². The van der Waals surface area contributed by atoms with Gasteiger partial charge in [-0.25, -0.2) is 0 Å². The van der Waals surface area contributed by atoms with Gasteiger partial charge in [-0.05, 0) is 43.7 Å². The fraction of sp³-hybridized carbons (Fsp3) is 0.294. The third kappa shape index (κ3) is 5.06. The number of halogens is 1. The summed E-state index contributed by atoms with van der Waals surface area (Å²) in [5.41, 5.74) is 3.26. The fourth-order valence-electron chi connectivity index (χ4n) is 2.04. The lowest BCUT2D eigenvalue weighted by atomic mass is 10.1. The van der Waals surface area contributed by atoms with Crippen LogP contribution in [0.15, 0.2) is 46.9 Å². The van der Waals surface area contributed by atoms with Crippen LogP contribution < -0.4 is 10.1 Å². The molecule has 0 aromatic heterocycles. The van der Waals surface area contributed by atoms with Crippen LogP contribution in [0.5, 0.6) is 5.75 Å². The summed E-state index contributed by atoms with van der Waals surface area (Å²) >= 11 is 3.42. The van der Waals surface area contributed by atoms with Gasteiger partial charge in [0.15, 0.2) is 0 Å². The molecule has 0 amide bonds. The van der Waals surface area contributed by atoms with Crippen LogP contribution in [0.2, 0.25) is 0 Å². The van der Waals surface area contributed by atoms with E-state index in [-0.39, 0.29) is 6.61 Å². The monoisotopic (exact) mass is 349 g/mol. The lowest BCUT2D eigenvalue weighted by Gasteiger charge is -2.15. The zero-order chi connectivity index (χ0) is 15.2. The number of anilines is 1. The third-order valence-corrected chi connectivity index (χ3v) is 3.62. The maximum atomic E-state index is 9.99. The molecule has 21 heavy (non-hydrogen) atoms. The first-order valence-corrected chi connectivity index (χ1v) is 7.71. The second-order valence-electron chi connectivity index (χ2n) is 5.13. The molecule has 0 aliphatic carbocycles. The number of benzene rings is 2. The van der Waals surface area contributed by atoms with Crippen molar-refractivity contribution in [2.45, 2.75) is 20.0 Å². The lowest BCUT2D eigenvalue weighted by molar-refractivity contribution is 0.117. The van der Waals surface area contributed by atoms with Crippen molar-refractivity contribution < 1.29 is 9.84 Å². The first-order valence-electron chi connectivity index (χ1n) is 6.92. The Labute approximate surface area is 134 Å². The summed E-state index contributed by atoms with van der Waals surface area (Å²) in [6.07, 6.45) is -0.565. The Hall–Kier alpha value is -1.52. The van der Waals surface area contributed by atoms with E-state index < -0.39 is 6.10 Å². The van der Waals surface area contributed by atoms with Crippen LogP contribution in [0, 0.1) is 13.8 Å². The summed E-state index contributed by atoms with van der Waals surface area (Å²) in [6, 6.07) is 13.9. The Morgan fingerprint density at radius 1 is 1.19 bits per heavy atom. The Kier molecular flexibility index (Phi) is 5.65. The largest absolute Gasteiger partial charge is 0.491 e. The van der Waals surface area contributed by atoms with E-state index in [9.17, 15) is 5.11 Å². The molecular formula is C17H20BrNO2. The molecule has 0 heterocycles. The zero-order valence-corrected chi connectivity index (χ0v) is 13.9. The molecule has 1 atom stereocenters. The van der Waals surface area contributed by atoms with Crippen molar-refractivity contribution in [3.63, 3.8) is 0 Å². The molecule has 1 unspecified atom stereocenters. The van der Waals surface area contributed by atoms with E-state index in [1.165, 1.54) is 5.56 Å². The molecule has 0 bridgehead atoms. The minimum Gasteiger partial charge on any atom is -0.491 e. The highest BCUT2D eigenvalue weighted by Crippen LogP contribution is 2.19. The van der Waals surface area contributed by atoms with Gasteiger partial charge in [0.05, 0.1) is 0 Å². The Morgan fingerprint density at radius 2 is 2.00 bits per heavy atom.